The molecule has 7 aromatic carbocycles. The van der Waals surface area contributed by atoms with E-state index in [-0.39, 0.29) is 44.6 Å². The van der Waals surface area contributed by atoms with E-state index >= 15 is 0 Å². The van der Waals surface area contributed by atoms with Gasteiger partial charge in [-0.1, -0.05) is 180 Å². The zero-order valence-electron chi connectivity index (χ0n) is 53.8. The van der Waals surface area contributed by atoms with Crippen LogP contribution in [0.1, 0.15) is 232 Å². The summed E-state index contributed by atoms with van der Waals surface area (Å²) in [6.45, 7) is 45.7. The summed E-state index contributed by atoms with van der Waals surface area (Å²) in [5, 5.41) is 1.16. The lowest BCUT2D eigenvalue weighted by Crippen LogP contribution is -2.61. The van der Waals surface area contributed by atoms with Crippen LogP contribution in [0.3, 0.4) is 0 Å². The van der Waals surface area contributed by atoms with Gasteiger partial charge in [-0.3, -0.25) is 0 Å². The van der Waals surface area contributed by atoms with Crippen LogP contribution < -0.4 is 31.3 Å². The van der Waals surface area contributed by atoms with Gasteiger partial charge in [-0.2, -0.15) is 0 Å². The van der Waals surface area contributed by atoms with Gasteiger partial charge in [-0.15, -0.1) is 0 Å². The van der Waals surface area contributed by atoms with Crippen LogP contribution in [0.2, 0.25) is 0 Å². The quantitative estimate of drug-likeness (QED) is 0.148. The van der Waals surface area contributed by atoms with Crippen LogP contribution in [0.15, 0.2) is 132 Å². The molecule has 3 heterocycles. The molecule has 0 saturated heterocycles. The van der Waals surface area contributed by atoms with Crippen molar-refractivity contribution in [3.63, 3.8) is 0 Å². The minimum Gasteiger partial charge on any atom is -0.468 e. The topological polar surface area (TPSA) is 22.9 Å². The van der Waals surface area contributed by atoms with Gasteiger partial charge in [0.15, 0.2) is 0 Å². The fraction of sp³-hybridized carbons (Fsp3) is 0.436. The van der Waals surface area contributed by atoms with E-state index in [9.17, 15) is 0 Å². The molecule has 5 aliphatic rings. The molecule has 0 amide bonds. The molecule has 0 radical (unpaired) electrons. The highest BCUT2D eigenvalue weighted by atomic mass is 16.3. The molecule has 0 fully saturated rings. The number of hydrogen-bond acceptors (Lipinski definition) is 4. The molecule has 4 nitrogen and oxygen atoms in total. The van der Waals surface area contributed by atoms with Crippen LogP contribution in [0.5, 0.6) is 0 Å². The molecule has 0 saturated carbocycles. The standard InChI is InChI=1S/C78H92BN3O/c1-47(2)49-20-25-52(26-21-49)80(53-27-22-50(23-28-53)48(3)4)56-43-66-69-67(44-56)82(55-30-32-59-61(42-55)76(14,15)37-35-74(59,10)11)70-57-40-51(72(5,6)7)24-33-68(57)83-71(70)79(69)64-45-62-63(78(18,19)39-38-77(62,16)17)46-65(64)81(66)54-29-31-58-60(41-54)75(12,13)36-34-73(58,8)9/h20-33,40-48H,34-39H2,1-19H3. The number of anilines is 9. The van der Waals surface area contributed by atoms with E-state index in [1.807, 2.05) is 0 Å². The summed E-state index contributed by atoms with van der Waals surface area (Å²) < 4.78 is 7.71. The summed E-state index contributed by atoms with van der Waals surface area (Å²) in [6, 6.07) is 51.4. The van der Waals surface area contributed by atoms with E-state index in [1.54, 1.807) is 0 Å². The highest BCUT2D eigenvalue weighted by Crippen LogP contribution is 2.56. The molecule has 1 aromatic heterocycles. The lowest BCUT2D eigenvalue weighted by Gasteiger charge is -2.47. The molecule has 0 N–H and O–H groups in total. The van der Waals surface area contributed by atoms with Crippen LogP contribution in [0.25, 0.3) is 11.0 Å². The summed E-state index contributed by atoms with van der Waals surface area (Å²) in [7, 11) is 0. The Kier molecular flexibility index (Phi) is 12.4. The lowest BCUT2D eigenvalue weighted by molar-refractivity contribution is 0.332. The van der Waals surface area contributed by atoms with Gasteiger partial charge in [0.1, 0.15) is 5.58 Å². The Morgan fingerprint density at radius 3 is 1.31 bits per heavy atom. The molecule has 428 valence electrons. The first-order valence-electron chi connectivity index (χ1n) is 31.7. The van der Waals surface area contributed by atoms with Crippen LogP contribution in [-0.2, 0) is 37.9 Å². The predicted molar refractivity (Wildman–Crippen MR) is 358 cm³/mol. The number of nitrogens with zero attached hydrogens (tertiary/aromatic N) is 3. The Morgan fingerprint density at radius 2 is 0.855 bits per heavy atom. The van der Waals surface area contributed by atoms with Crippen molar-refractivity contribution in [1.29, 1.82) is 0 Å². The third-order valence-electron chi connectivity index (χ3n) is 21.6. The molecule has 5 heteroatoms. The normalized spacial score (nSPS) is 19.2. The fourth-order valence-electron chi connectivity index (χ4n) is 15.6. The average molecular weight is 1100 g/mol. The van der Waals surface area contributed by atoms with Gasteiger partial charge >= 0.3 is 0 Å². The number of rotatable bonds is 7. The monoisotopic (exact) mass is 1100 g/mol. The third-order valence-corrected chi connectivity index (χ3v) is 21.6. The van der Waals surface area contributed by atoms with Gasteiger partial charge in [0, 0.05) is 45.2 Å². The highest BCUT2D eigenvalue weighted by Gasteiger charge is 2.51. The van der Waals surface area contributed by atoms with Gasteiger partial charge in [0.05, 0.1) is 17.0 Å². The van der Waals surface area contributed by atoms with Crippen molar-refractivity contribution in [1.82, 2.24) is 0 Å². The van der Waals surface area contributed by atoms with Crippen molar-refractivity contribution in [3.8, 4) is 0 Å². The first-order chi connectivity index (χ1) is 38.9. The molecule has 83 heavy (non-hydrogen) atoms. The SMILES string of the molecule is CC(C)c1ccc(N(c2ccc(C(C)C)cc2)c2cc3c4c(c2)N(c2ccc5c(c2)C(C)(C)CCC5(C)C)c2c(oc5ccc(C(C)(C)C)cc25)B4c2cc4c(cc2N3c2ccc3c(c2)C(C)(C)CCC3(C)C)C(C)(C)CCC4(C)C)cc1. The second-order valence-corrected chi connectivity index (χ2v) is 31.8. The number of hydrogen-bond donors (Lipinski definition) is 0. The van der Waals surface area contributed by atoms with E-state index in [0.717, 1.165) is 71.5 Å². The van der Waals surface area contributed by atoms with E-state index in [4.69, 9.17) is 4.42 Å². The smallest absolute Gasteiger partial charge is 0.297 e. The molecule has 13 rings (SSSR count). The van der Waals surface area contributed by atoms with Gasteiger partial charge in [0.2, 0.25) is 0 Å². The third kappa shape index (κ3) is 8.79. The van der Waals surface area contributed by atoms with Crippen LogP contribution in [0, 0.1) is 0 Å². The molecule has 3 aliphatic carbocycles. The molecule has 8 aromatic rings. The maximum atomic E-state index is 7.71. The van der Waals surface area contributed by atoms with Crippen molar-refractivity contribution in [2.24, 2.45) is 0 Å². The zero-order valence-corrected chi connectivity index (χ0v) is 53.8. The highest BCUT2D eigenvalue weighted by molar-refractivity contribution is 7.00. The first kappa shape index (κ1) is 55.7. The Balaban J connectivity index is 1.21. The van der Waals surface area contributed by atoms with E-state index in [0.29, 0.717) is 11.8 Å². The number of furan rings is 1. The minimum absolute atomic E-state index is 0.00688. The van der Waals surface area contributed by atoms with Crippen molar-refractivity contribution in [3.05, 3.63) is 177 Å². The zero-order chi connectivity index (χ0) is 59.0. The van der Waals surface area contributed by atoms with Crippen molar-refractivity contribution >= 4 is 85.5 Å². The molecular formula is C78H92BN3O. The molecule has 0 spiro atoms. The van der Waals surface area contributed by atoms with Crippen molar-refractivity contribution in [2.75, 3.05) is 14.7 Å². The summed E-state index contributed by atoms with van der Waals surface area (Å²) in [5.74, 6) is 0.821. The average Bonchev–Trinajstić information content (AvgIpc) is 1.81. The molecule has 2 aliphatic heterocycles. The van der Waals surface area contributed by atoms with Crippen LogP contribution in [0.4, 0.5) is 51.2 Å². The van der Waals surface area contributed by atoms with E-state index in [1.165, 1.54) is 95.9 Å². The summed E-state index contributed by atoms with van der Waals surface area (Å²) in [4.78, 5) is 7.93. The van der Waals surface area contributed by atoms with Crippen molar-refractivity contribution < 1.29 is 4.42 Å². The summed E-state index contributed by atoms with van der Waals surface area (Å²) in [5.41, 5.74) is 27.9. The van der Waals surface area contributed by atoms with Crippen molar-refractivity contribution in [2.45, 2.75) is 220 Å². The first-order valence-corrected chi connectivity index (χ1v) is 31.7. The molecular weight excluding hydrogens is 1010 g/mol. The Morgan fingerprint density at radius 1 is 0.434 bits per heavy atom. The van der Waals surface area contributed by atoms with Gasteiger partial charge in [-0.25, -0.2) is 0 Å². The van der Waals surface area contributed by atoms with E-state index in [2.05, 4.69) is 274 Å². The van der Waals surface area contributed by atoms with Gasteiger partial charge in [0.25, 0.3) is 6.71 Å². The predicted octanol–water partition coefficient (Wildman–Crippen LogP) is 20.6. The second-order valence-electron chi connectivity index (χ2n) is 31.8. The van der Waals surface area contributed by atoms with Crippen LogP contribution in [-0.4, -0.2) is 6.71 Å². The fourth-order valence-corrected chi connectivity index (χ4v) is 15.6. The van der Waals surface area contributed by atoms with Gasteiger partial charge < -0.3 is 19.1 Å². The maximum Gasteiger partial charge on any atom is 0.297 e. The Labute approximate surface area is 499 Å². The number of benzene rings is 7. The maximum absolute atomic E-state index is 7.71. The molecule has 0 unspecified atom stereocenters. The lowest BCUT2D eigenvalue weighted by atomic mass is 9.35. The van der Waals surface area contributed by atoms with Crippen LogP contribution >= 0.6 is 0 Å². The largest absolute Gasteiger partial charge is 0.468 e. The Bertz CT molecular complexity index is 3870. The summed E-state index contributed by atoms with van der Waals surface area (Å²) in [6.07, 6.45) is 6.88. The minimum atomic E-state index is -0.201. The summed E-state index contributed by atoms with van der Waals surface area (Å²) >= 11 is 0. The molecule has 0 atom stereocenters. The second kappa shape index (κ2) is 18.5. The van der Waals surface area contributed by atoms with E-state index < -0.39 is 0 Å². The number of fused-ring (bicyclic) bond motifs is 9. The van der Waals surface area contributed by atoms with Gasteiger partial charge in [-0.05, 0) is 228 Å². The Hall–Kier alpha value is -6.46. The molecule has 0 bridgehead atoms.